The molecule has 2 aromatic carbocycles. The summed E-state index contributed by atoms with van der Waals surface area (Å²) >= 11 is 1.60. The molecule has 32 heavy (non-hydrogen) atoms. The van der Waals surface area contributed by atoms with Gasteiger partial charge in [0.25, 0.3) is 0 Å². The Kier molecular flexibility index (Phi) is 5.47. The Bertz CT molecular complexity index is 1140. The molecule has 1 amide bonds. The van der Waals surface area contributed by atoms with E-state index >= 15 is 0 Å². The van der Waals surface area contributed by atoms with Gasteiger partial charge in [-0.25, -0.2) is 0 Å². The van der Waals surface area contributed by atoms with Gasteiger partial charge in [0, 0.05) is 29.6 Å². The highest BCUT2D eigenvalue weighted by Gasteiger charge is 2.45. The lowest BCUT2D eigenvalue weighted by molar-refractivity contribution is -0.133. The van der Waals surface area contributed by atoms with Crippen LogP contribution in [0.4, 0.5) is 0 Å². The number of nitrogens with zero attached hydrogens (tertiary/aromatic N) is 3. The molecule has 1 fully saturated rings. The van der Waals surface area contributed by atoms with Gasteiger partial charge in [-0.2, -0.15) is 0 Å². The third-order valence-corrected chi connectivity index (χ3v) is 7.58. The SMILES string of the molecule is CC(C)Oc1ccc(-c2nnc(-c3cccc4c3CCC43CCN(C(=O)CO)C3)s2)cc1. The van der Waals surface area contributed by atoms with Crippen molar-refractivity contribution >= 4 is 17.2 Å². The van der Waals surface area contributed by atoms with Gasteiger partial charge >= 0.3 is 0 Å². The average molecular weight is 450 g/mol. The number of fused-ring (bicyclic) bond motifs is 2. The van der Waals surface area contributed by atoms with Crippen LogP contribution in [-0.2, 0) is 16.6 Å². The number of ether oxygens (including phenoxy) is 1. The smallest absolute Gasteiger partial charge is 0.248 e. The van der Waals surface area contributed by atoms with Crippen LogP contribution < -0.4 is 4.74 Å². The first-order chi connectivity index (χ1) is 15.5. The zero-order valence-electron chi connectivity index (χ0n) is 18.4. The van der Waals surface area contributed by atoms with Gasteiger partial charge in [0.05, 0.1) is 6.10 Å². The molecule has 1 aliphatic heterocycles. The van der Waals surface area contributed by atoms with Gasteiger partial charge in [-0.15, -0.1) is 10.2 Å². The van der Waals surface area contributed by atoms with Gasteiger partial charge in [0.1, 0.15) is 22.4 Å². The minimum Gasteiger partial charge on any atom is -0.491 e. The minimum absolute atomic E-state index is 0.00403. The summed E-state index contributed by atoms with van der Waals surface area (Å²) in [5, 5.41) is 20.1. The summed E-state index contributed by atoms with van der Waals surface area (Å²) in [6, 6.07) is 14.4. The van der Waals surface area contributed by atoms with Crippen LogP contribution >= 0.6 is 11.3 Å². The molecule has 1 spiro atoms. The van der Waals surface area contributed by atoms with Crippen molar-refractivity contribution in [3.05, 3.63) is 53.6 Å². The van der Waals surface area contributed by atoms with Gasteiger partial charge in [0.2, 0.25) is 5.91 Å². The van der Waals surface area contributed by atoms with Crippen molar-refractivity contribution in [1.82, 2.24) is 15.1 Å². The first kappa shape index (κ1) is 21.1. The second-order valence-electron chi connectivity index (χ2n) is 8.94. The van der Waals surface area contributed by atoms with Gasteiger partial charge < -0.3 is 14.7 Å². The summed E-state index contributed by atoms with van der Waals surface area (Å²) in [4.78, 5) is 13.8. The van der Waals surface area contributed by atoms with Crippen molar-refractivity contribution in [3.63, 3.8) is 0 Å². The molecule has 0 radical (unpaired) electrons. The molecule has 1 atom stereocenters. The van der Waals surface area contributed by atoms with Crippen LogP contribution in [0, 0.1) is 0 Å². The Morgan fingerprint density at radius 3 is 2.69 bits per heavy atom. The van der Waals surface area contributed by atoms with Gasteiger partial charge in [-0.3, -0.25) is 4.79 Å². The van der Waals surface area contributed by atoms with Crippen LogP contribution in [0.1, 0.15) is 37.8 Å². The normalized spacial score (nSPS) is 19.7. The molecule has 1 N–H and O–H groups in total. The molecule has 2 aliphatic rings. The molecule has 1 unspecified atom stereocenters. The maximum absolute atomic E-state index is 12.0. The third-order valence-electron chi connectivity index (χ3n) is 6.57. The Balaban J connectivity index is 1.42. The van der Waals surface area contributed by atoms with Gasteiger partial charge in [0.15, 0.2) is 0 Å². The van der Waals surface area contributed by atoms with E-state index in [1.165, 1.54) is 11.1 Å². The van der Waals surface area contributed by atoms with E-state index in [0.717, 1.165) is 46.2 Å². The van der Waals surface area contributed by atoms with Gasteiger partial charge in [-0.05, 0) is 68.5 Å². The van der Waals surface area contributed by atoms with E-state index in [0.29, 0.717) is 13.1 Å². The summed E-state index contributed by atoms with van der Waals surface area (Å²) in [7, 11) is 0. The Morgan fingerprint density at radius 1 is 1.16 bits per heavy atom. The van der Waals surface area contributed by atoms with Crippen LogP contribution in [0.5, 0.6) is 5.75 Å². The number of aromatic nitrogens is 2. The van der Waals surface area contributed by atoms with Crippen LogP contribution in [0.2, 0.25) is 0 Å². The van der Waals surface area contributed by atoms with Crippen LogP contribution in [-0.4, -0.2) is 51.9 Å². The number of rotatable bonds is 5. The molecule has 0 bridgehead atoms. The Labute approximate surface area is 191 Å². The summed E-state index contributed by atoms with van der Waals surface area (Å²) in [6.07, 6.45) is 3.09. The number of benzene rings is 2. The molecular weight excluding hydrogens is 422 g/mol. The van der Waals surface area contributed by atoms with Crippen molar-refractivity contribution in [2.75, 3.05) is 19.7 Å². The number of aliphatic hydroxyl groups excluding tert-OH is 1. The summed E-state index contributed by atoms with van der Waals surface area (Å²) < 4.78 is 5.73. The largest absolute Gasteiger partial charge is 0.491 e. The summed E-state index contributed by atoms with van der Waals surface area (Å²) in [5.74, 6) is 0.676. The highest BCUT2D eigenvalue weighted by atomic mass is 32.1. The Hall–Kier alpha value is -2.77. The molecular formula is C25H27N3O3S. The average Bonchev–Trinajstić information content (AvgIpc) is 3.53. The molecule has 6 nitrogen and oxygen atoms in total. The molecule has 2 heterocycles. The summed E-state index contributed by atoms with van der Waals surface area (Å²) in [6.45, 7) is 5.01. The molecule has 1 aliphatic carbocycles. The molecule has 1 aromatic heterocycles. The first-order valence-corrected chi connectivity index (χ1v) is 11.9. The number of hydrogen-bond acceptors (Lipinski definition) is 6. The lowest BCUT2D eigenvalue weighted by atomic mass is 9.81. The Morgan fingerprint density at radius 2 is 1.94 bits per heavy atom. The quantitative estimate of drug-likeness (QED) is 0.636. The van der Waals surface area contributed by atoms with E-state index in [1.807, 2.05) is 38.1 Å². The molecule has 1 saturated heterocycles. The highest BCUT2D eigenvalue weighted by molar-refractivity contribution is 7.17. The standard InChI is InChI=1S/C25H27N3O3S/c1-16(2)31-18-8-6-17(7-9-18)23-26-27-24(32-23)20-4-3-5-21-19(20)10-11-25(21)12-13-28(15-25)22(30)14-29/h3-9,16,29H,10-15H2,1-2H3. The van der Waals surface area contributed by atoms with Crippen LogP contribution in [0.25, 0.3) is 21.1 Å². The van der Waals surface area contributed by atoms with E-state index < -0.39 is 6.61 Å². The number of amides is 1. The fourth-order valence-corrected chi connectivity index (χ4v) is 5.96. The second-order valence-corrected chi connectivity index (χ2v) is 9.92. The minimum atomic E-state index is -0.416. The predicted octanol–water partition coefficient (Wildman–Crippen LogP) is 4.07. The maximum Gasteiger partial charge on any atom is 0.248 e. The molecule has 166 valence electrons. The topological polar surface area (TPSA) is 75.6 Å². The fourth-order valence-electron chi connectivity index (χ4n) is 5.06. The molecule has 0 saturated carbocycles. The number of likely N-dealkylation sites (tertiary alicyclic amines) is 1. The van der Waals surface area contributed by atoms with E-state index in [2.05, 4.69) is 28.4 Å². The number of carbonyl (C=O) groups is 1. The van der Waals surface area contributed by atoms with E-state index in [1.54, 1.807) is 16.2 Å². The third kappa shape index (κ3) is 3.69. The van der Waals surface area contributed by atoms with Crippen LogP contribution in [0.15, 0.2) is 42.5 Å². The zero-order valence-corrected chi connectivity index (χ0v) is 19.2. The lowest BCUT2D eigenvalue weighted by Crippen LogP contribution is -2.34. The lowest BCUT2D eigenvalue weighted by Gasteiger charge is -2.25. The van der Waals surface area contributed by atoms with Crippen molar-refractivity contribution in [3.8, 4) is 26.9 Å². The van der Waals surface area contributed by atoms with E-state index in [9.17, 15) is 9.90 Å². The van der Waals surface area contributed by atoms with Crippen molar-refractivity contribution in [2.24, 2.45) is 0 Å². The van der Waals surface area contributed by atoms with Crippen LogP contribution in [0.3, 0.4) is 0 Å². The number of hydrogen-bond donors (Lipinski definition) is 1. The van der Waals surface area contributed by atoms with Gasteiger partial charge in [-0.1, -0.05) is 29.5 Å². The van der Waals surface area contributed by atoms with E-state index in [4.69, 9.17) is 4.74 Å². The molecule has 5 rings (SSSR count). The first-order valence-electron chi connectivity index (χ1n) is 11.1. The number of carbonyl (C=O) groups excluding carboxylic acids is 1. The maximum atomic E-state index is 12.0. The number of aliphatic hydroxyl groups is 1. The molecule has 7 heteroatoms. The monoisotopic (exact) mass is 449 g/mol. The molecule has 3 aromatic rings. The predicted molar refractivity (Wildman–Crippen MR) is 125 cm³/mol. The van der Waals surface area contributed by atoms with E-state index in [-0.39, 0.29) is 17.4 Å². The second kappa shape index (κ2) is 8.30. The zero-order chi connectivity index (χ0) is 22.3. The van der Waals surface area contributed by atoms with Crippen molar-refractivity contribution < 1.29 is 14.6 Å². The highest BCUT2D eigenvalue weighted by Crippen LogP contribution is 2.48. The summed E-state index contributed by atoms with van der Waals surface area (Å²) in [5.41, 5.74) is 4.83. The van der Waals surface area contributed by atoms with Crippen molar-refractivity contribution in [2.45, 2.75) is 44.6 Å². The fraction of sp³-hybridized carbons (Fsp3) is 0.400. The van der Waals surface area contributed by atoms with Crippen molar-refractivity contribution in [1.29, 1.82) is 0 Å².